The number of aliphatic hydroxyl groups excluding tert-OH is 1. The number of carbonyl (C=O) groups excluding carboxylic acids is 1. The van der Waals surface area contributed by atoms with E-state index < -0.39 is 23.9 Å². The summed E-state index contributed by atoms with van der Waals surface area (Å²) < 4.78 is 44.5. The number of nitrogens with zero attached hydrogens (tertiary/aromatic N) is 3. The van der Waals surface area contributed by atoms with E-state index in [2.05, 4.69) is 32.0 Å². The number of halogens is 3. The third kappa shape index (κ3) is 6.64. The Hall–Kier alpha value is -3.94. The molecule has 3 heterocycles. The predicted octanol–water partition coefficient (Wildman–Crippen LogP) is 4.29. The van der Waals surface area contributed by atoms with Gasteiger partial charge >= 0.3 is 6.18 Å². The van der Waals surface area contributed by atoms with Crippen molar-refractivity contribution in [3.63, 3.8) is 0 Å². The van der Waals surface area contributed by atoms with Gasteiger partial charge in [-0.1, -0.05) is 12.0 Å². The van der Waals surface area contributed by atoms with Crippen molar-refractivity contribution >= 4 is 17.4 Å². The summed E-state index contributed by atoms with van der Waals surface area (Å²) in [6, 6.07) is 10.9. The van der Waals surface area contributed by atoms with Gasteiger partial charge in [0.1, 0.15) is 23.3 Å². The van der Waals surface area contributed by atoms with E-state index in [1.54, 1.807) is 25.1 Å². The maximum absolute atomic E-state index is 13.0. The Bertz CT molecular complexity index is 1360. The molecule has 0 radical (unpaired) electrons. The highest BCUT2D eigenvalue weighted by molar-refractivity contribution is 6.04. The molecule has 3 aromatic rings. The fourth-order valence-corrected chi connectivity index (χ4v) is 3.81. The van der Waals surface area contributed by atoms with Gasteiger partial charge in [0.15, 0.2) is 0 Å². The summed E-state index contributed by atoms with van der Waals surface area (Å²) in [5.41, 5.74) is 2.10. The number of pyridine rings is 2. The average Bonchev–Trinajstić information content (AvgIpc) is 2.88. The van der Waals surface area contributed by atoms with Gasteiger partial charge in [-0.15, -0.1) is 0 Å². The summed E-state index contributed by atoms with van der Waals surface area (Å²) in [6.45, 7) is 5.96. The maximum atomic E-state index is 13.0. The van der Waals surface area contributed by atoms with Crippen LogP contribution in [0.2, 0.25) is 0 Å². The Morgan fingerprint density at radius 3 is 2.62 bits per heavy atom. The van der Waals surface area contributed by atoms with E-state index in [1.165, 1.54) is 6.07 Å². The highest BCUT2D eigenvalue weighted by Crippen LogP contribution is 2.31. The molecule has 1 fully saturated rings. The number of alkyl halides is 3. The minimum Gasteiger partial charge on any atom is -0.381 e. The van der Waals surface area contributed by atoms with E-state index in [4.69, 9.17) is 4.74 Å². The van der Waals surface area contributed by atoms with Crippen LogP contribution in [0, 0.1) is 18.8 Å². The number of aromatic nitrogens is 2. The SMILES string of the molecule is Cc1ccc(NC(=O)c2ccnc(C(F)(F)F)c2)cc1-c1cc(C#C[C@@H](C)O)nc(N2CCOCC2)c1. The first-order chi connectivity index (χ1) is 17.6. The smallest absolute Gasteiger partial charge is 0.381 e. The Morgan fingerprint density at radius 2 is 1.92 bits per heavy atom. The van der Waals surface area contributed by atoms with Gasteiger partial charge in [0, 0.05) is 30.5 Å². The molecule has 1 aromatic carbocycles. The van der Waals surface area contributed by atoms with Crippen LogP contribution in [0.4, 0.5) is 24.7 Å². The minimum absolute atomic E-state index is 0.154. The monoisotopic (exact) mass is 510 g/mol. The molecular weight excluding hydrogens is 485 g/mol. The van der Waals surface area contributed by atoms with Gasteiger partial charge in [-0.05, 0) is 72.9 Å². The summed E-state index contributed by atoms with van der Waals surface area (Å²) in [5, 5.41) is 12.3. The number of hydrogen-bond acceptors (Lipinski definition) is 6. The molecule has 0 bridgehead atoms. The van der Waals surface area contributed by atoms with Gasteiger partial charge in [0.2, 0.25) is 0 Å². The van der Waals surface area contributed by atoms with Gasteiger partial charge in [-0.3, -0.25) is 9.78 Å². The first kappa shape index (κ1) is 26.1. The van der Waals surface area contributed by atoms with E-state index in [9.17, 15) is 23.1 Å². The molecule has 10 heteroatoms. The Morgan fingerprint density at radius 1 is 1.16 bits per heavy atom. The summed E-state index contributed by atoms with van der Waals surface area (Å²) >= 11 is 0. The molecule has 0 saturated carbocycles. The molecule has 4 rings (SSSR count). The zero-order valence-corrected chi connectivity index (χ0v) is 20.3. The molecule has 192 valence electrons. The first-order valence-electron chi connectivity index (χ1n) is 11.6. The van der Waals surface area contributed by atoms with Crippen molar-refractivity contribution in [1.29, 1.82) is 0 Å². The lowest BCUT2D eigenvalue weighted by molar-refractivity contribution is -0.141. The fourth-order valence-electron chi connectivity index (χ4n) is 3.81. The number of rotatable bonds is 4. The molecule has 0 unspecified atom stereocenters. The van der Waals surface area contributed by atoms with Crippen LogP contribution in [0.1, 0.15) is 34.2 Å². The van der Waals surface area contributed by atoms with Crippen molar-refractivity contribution in [1.82, 2.24) is 9.97 Å². The van der Waals surface area contributed by atoms with E-state index in [-0.39, 0.29) is 5.56 Å². The Balaban J connectivity index is 1.68. The van der Waals surface area contributed by atoms with Crippen molar-refractivity contribution in [2.24, 2.45) is 0 Å². The standard InChI is InChI=1S/C27H25F3N4O3/c1-17-3-5-22(33-26(36)19-7-8-31-24(14-19)27(28,29)30)16-23(17)20-13-21(6-4-18(2)35)32-25(15-20)34-9-11-37-12-10-34/h3,5,7-8,13-16,18,35H,9-12H2,1-2H3,(H,33,36)/t18-/m1/s1. The second kappa shape index (κ2) is 11.0. The number of anilines is 2. The summed E-state index contributed by atoms with van der Waals surface area (Å²) in [7, 11) is 0. The Labute approximate surface area is 212 Å². The molecule has 37 heavy (non-hydrogen) atoms. The van der Waals surface area contributed by atoms with Gasteiger partial charge in [0.25, 0.3) is 5.91 Å². The lowest BCUT2D eigenvalue weighted by Gasteiger charge is -2.28. The zero-order chi connectivity index (χ0) is 26.6. The third-order valence-corrected chi connectivity index (χ3v) is 5.68. The number of aliphatic hydroxyl groups is 1. The highest BCUT2D eigenvalue weighted by Gasteiger charge is 2.33. The predicted molar refractivity (Wildman–Crippen MR) is 133 cm³/mol. The van der Waals surface area contributed by atoms with Crippen molar-refractivity contribution in [2.45, 2.75) is 26.1 Å². The molecule has 7 nitrogen and oxygen atoms in total. The molecule has 1 atom stereocenters. The van der Waals surface area contributed by atoms with E-state index >= 15 is 0 Å². The topological polar surface area (TPSA) is 87.6 Å². The number of ether oxygens (including phenoxy) is 1. The third-order valence-electron chi connectivity index (χ3n) is 5.68. The summed E-state index contributed by atoms with van der Waals surface area (Å²) in [5.74, 6) is 5.64. The Kier molecular flexibility index (Phi) is 7.76. The van der Waals surface area contributed by atoms with Crippen LogP contribution in [0.3, 0.4) is 0 Å². The molecule has 2 aromatic heterocycles. The number of amides is 1. The number of carbonyl (C=O) groups is 1. The molecule has 2 N–H and O–H groups in total. The summed E-state index contributed by atoms with van der Waals surface area (Å²) in [6.07, 6.45) is -4.51. The van der Waals surface area contributed by atoms with Gasteiger partial charge in [0.05, 0.1) is 13.2 Å². The molecule has 0 aliphatic carbocycles. The second-order valence-electron chi connectivity index (χ2n) is 8.56. The number of morpholine rings is 1. The lowest BCUT2D eigenvalue weighted by atomic mass is 9.99. The van der Waals surface area contributed by atoms with Crippen molar-refractivity contribution < 1.29 is 27.8 Å². The molecule has 1 amide bonds. The van der Waals surface area contributed by atoms with E-state index in [0.717, 1.165) is 29.0 Å². The van der Waals surface area contributed by atoms with Gasteiger partial charge in [-0.2, -0.15) is 13.2 Å². The van der Waals surface area contributed by atoms with Gasteiger partial charge in [-0.25, -0.2) is 4.98 Å². The molecule has 1 aliphatic rings. The van der Waals surface area contributed by atoms with Crippen LogP contribution >= 0.6 is 0 Å². The van der Waals surface area contributed by atoms with Crippen molar-refractivity contribution in [3.8, 4) is 23.0 Å². The molecule has 1 aliphatic heterocycles. The highest BCUT2D eigenvalue weighted by atomic mass is 19.4. The van der Waals surface area contributed by atoms with E-state index in [1.807, 2.05) is 19.1 Å². The largest absolute Gasteiger partial charge is 0.433 e. The number of aryl methyl sites for hydroxylation is 1. The minimum atomic E-state index is -4.65. The van der Waals surface area contributed by atoms with Gasteiger partial charge < -0.3 is 20.1 Å². The number of hydrogen-bond donors (Lipinski definition) is 2. The van der Waals surface area contributed by atoms with Crippen LogP contribution in [0.5, 0.6) is 0 Å². The van der Waals surface area contributed by atoms with Crippen molar-refractivity contribution in [2.75, 3.05) is 36.5 Å². The normalized spacial score (nSPS) is 14.5. The fraction of sp³-hybridized carbons (Fsp3) is 0.296. The molecule has 0 spiro atoms. The van der Waals surface area contributed by atoms with Crippen LogP contribution in [0.15, 0.2) is 48.7 Å². The summed E-state index contributed by atoms with van der Waals surface area (Å²) in [4.78, 5) is 22.7. The van der Waals surface area contributed by atoms with E-state index in [0.29, 0.717) is 43.5 Å². The first-order valence-corrected chi connectivity index (χ1v) is 11.6. The lowest BCUT2D eigenvalue weighted by Crippen LogP contribution is -2.36. The van der Waals surface area contributed by atoms with Crippen LogP contribution in [-0.4, -0.2) is 53.4 Å². The number of nitrogens with one attached hydrogen (secondary N) is 1. The quantitative estimate of drug-likeness (QED) is 0.510. The van der Waals surface area contributed by atoms with Crippen LogP contribution in [0.25, 0.3) is 11.1 Å². The van der Waals surface area contributed by atoms with Crippen LogP contribution in [-0.2, 0) is 10.9 Å². The number of benzene rings is 1. The zero-order valence-electron chi connectivity index (χ0n) is 20.3. The molecule has 1 saturated heterocycles. The molecular formula is C27H25F3N4O3. The maximum Gasteiger partial charge on any atom is 0.433 e. The second-order valence-corrected chi connectivity index (χ2v) is 8.56. The average molecular weight is 511 g/mol. The van der Waals surface area contributed by atoms with Crippen LogP contribution < -0.4 is 10.2 Å². The van der Waals surface area contributed by atoms with Crippen molar-refractivity contribution in [3.05, 3.63) is 71.2 Å².